The number of carbonyl (C=O) groups excluding carboxylic acids is 4. The highest BCUT2D eigenvalue weighted by Gasteiger charge is 2.20. The molecule has 0 saturated heterocycles. The fraction of sp³-hybridized carbons (Fsp3) is 0.583. The molecule has 188 valence electrons. The molecule has 1 aromatic rings. The Balaban J connectivity index is 2.16. The van der Waals surface area contributed by atoms with Crippen LogP contribution in [0.25, 0.3) is 0 Å². The summed E-state index contributed by atoms with van der Waals surface area (Å²) in [4.78, 5) is 53.1. The van der Waals surface area contributed by atoms with Crippen molar-refractivity contribution in [3.63, 3.8) is 0 Å². The first-order valence-corrected chi connectivity index (χ1v) is 11.7. The van der Waals surface area contributed by atoms with Gasteiger partial charge in [0.25, 0.3) is 11.8 Å². The maximum Gasteiger partial charge on any atom is 0.258 e. The van der Waals surface area contributed by atoms with Gasteiger partial charge in [0.05, 0.1) is 7.11 Å². The number of nitrogens with one attached hydrogen (secondary N) is 2. The largest absolute Gasteiger partial charge is 0.493 e. The van der Waals surface area contributed by atoms with Gasteiger partial charge in [0.15, 0.2) is 18.1 Å². The predicted octanol–water partition coefficient (Wildman–Crippen LogP) is 1.19. The summed E-state index contributed by atoms with van der Waals surface area (Å²) >= 11 is 0. The van der Waals surface area contributed by atoms with Gasteiger partial charge in [-0.25, -0.2) is 0 Å². The molecule has 10 nitrogen and oxygen atoms in total. The van der Waals surface area contributed by atoms with Crippen LogP contribution >= 0.6 is 0 Å². The third-order valence-electron chi connectivity index (χ3n) is 5.63. The fourth-order valence-electron chi connectivity index (χ4n) is 3.67. The van der Waals surface area contributed by atoms with Gasteiger partial charge in [-0.05, 0) is 44.4 Å². The van der Waals surface area contributed by atoms with Gasteiger partial charge in [0, 0.05) is 45.2 Å². The van der Waals surface area contributed by atoms with Gasteiger partial charge in [0.1, 0.15) is 6.04 Å². The molecule has 0 saturated carbocycles. The van der Waals surface area contributed by atoms with Crippen molar-refractivity contribution in [3.05, 3.63) is 23.8 Å². The minimum absolute atomic E-state index is 0.0609. The minimum Gasteiger partial charge on any atom is -0.493 e. The zero-order valence-electron chi connectivity index (χ0n) is 20.5. The molecule has 0 radical (unpaired) electrons. The van der Waals surface area contributed by atoms with E-state index in [0.717, 1.165) is 12.8 Å². The summed E-state index contributed by atoms with van der Waals surface area (Å²) < 4.78 is 10.9. The van der Waals surface area contributed by atoms with Crippen molar-refractivity contribution in [2.24, 2.45) is 0 Å². The molecule has 3 rings (SSSR count). The van der Waals surface area contributed by atoms with E-state index >= 15 is 0 Å². The van der Waals surface area contributed by atoms with Crippen LogP contribution < -0.4 is 20.1 Å². The first-order valence-electron chi connectivity index (χ1n) is 11.7. The molecule has 10 heteroatoms. The Morgan fingerprint density at radius 3 is 2.56 bits per heavy atom. The van der Waals surface area contributed by atoms with Crippen LogP contribution in [0.5, 0.6) is 11.5 Å². The van der Waals surface area contributed by atoms with Crippen LogP contribution in [0.3, 0.4) is 0 Å². The van der Waals surface area contributed by atoms with Crippen LogP contribution in [0, 0.1) is 0 Å². The molecule has 0 unspecified atom stereocenters. The van der Waals surface area contributed by atoms with Crippen LogP contribution in [0.15, 0.2) is 18.2 Å². The second kappa shape index (κ2) is 13.4. The number of fused-ring (bicyclic) bond motifs is 18. The van der Waals surface area contributed by atoms with Crippen molar-refractivity contribution in [2.45, 2.75) is 45.6 Å². The van der Waals surface area contributed by atoms with Gasteiger partial charge in [-0.1, -0.05) is 6.92 Å². The SMILES string of the molecule is CCC(=O)N1CCCCN(C)C(=O)[C@H](C)NC(=O)COc2ccc(cc2OC)C(=O)NCCC1. The highest BCUT2D eigenvalue weighted by Crippen LogP contribution is 2.28. The Bertz CT molecular complexity index is 875. The number of hydrogen-bond acceptors (Lipinski definition) is 6. The number of ether oxygens (including phenoxy) is 2. The van der Waals surface area contributed by atoms with Crippen molar-refractivity contribution in [2.75, 3.05) is 46.9 Å². The topological polar surface area (TPSA) is 117 Å². The summed E-state index contributed by atoms with van der Waals surface area (Å²) in [6.07, 6.45) is 2.51. The first-order chi connectivity index (χ1) is 16.3. The summed E-state index contributed by atoms with van der Waals surface area (Å²) in [6, 6.07) is 3.98. The molecule has 2 bridgehead atoms. The predicted molar refractivity (Wildman–Crippen MR) is 127 cm³/mol. The van der Waals surface area contributed by atoms with Gasteiger partial charge in [-0.15, -0.1) is 0 Å². The third kappa shape index (κ3) is 7.93. The Kier molecular flexibility index (Phi) is 10.6. The molecular weight excluding hydrogens is 440 g/mol. The van der Waals surface area contributed by atoms with Crippen LogP contribution in [-0.4, -0.2) is 86.4 Å². The van der Waals surface area contributed by atoms with Crippen LogP contribution in [0.4, 0.5) is 0 Å². The summed E-state index contributed by atoms with van der Waals surface area (Å²) in [5.74, 6) is -0.229. The number of amides is 4. The lowest BCUT2D eigenvalue weighted by Crippen LogP contribution is -2.47. The Morgan fingerprint density at radius 2 is 1.85 bits per heavy atom. The molecule has 1 atom stereocenters. The van der Waals surface area contributed by atoms with E-state index in [-0.39, 0.29) is 24.3 Å². The van der Waals surface area contributed by atoms with E-state index in [0.29, 0.717) is 56.1 Å². The number of hydrogen-bond donors (Lipinski definition) is 2. The normalized spacial score (nSPS) is 19.5. The van der Waals surface area contributed by atoms with E-state index in [9.17, 15) is 19.2 Å². The number of carbonyl (C=O) groups is 4. The molecule has 2 N–H and O–H groups in total. The fourth-order valence-corrected chi connectivity index (χ4v) is 3.67. The van der Waals surface area contributed by atoms with Crippen molar-refractivity contribution in [3.8, 4) is 11.5 Å². The van der Waals surface area contributed by atoms with Crippen molar-refractivity contribution in [1.29, 1.82) is 0 Å². The Labute approximate surface area is 200 Å². The van der Waals surface area contributed by atoms with Crippen LogP contribution in [0.2, 0.25) is 0 Å². The second-order valence-electron chi connectivity index (χ2n) is 8.25. The van der Waals surface area contributed by atoms with E-state index < -0.39 is 11.9 Å². The minimum atomic E-state index is -0.707. The first kappa shape index (κ1) is 26.9. The van der Waals surface area contributed by atoms with Gasteiger partial charge >= 0.3 is 0 Å². The lowest BCUT2D eigenvalue weighted by atomic mass is 10.2. The van der Waals surface area contributed by atoms with Crippen molar-refractivity contribution in [1.82, 2.24) is 20.4 Å². The molecule has 4 amide bonds. The monoisotopic (exact) mass is 476 g/mol. The van der Waals surface area contributed by atoms with Crippen molar-refractivity contribution >= 4 is 23.6 Å². The van der Waals surface area contributed by atoms with E-state index in [1.807, 2.05) is 6.92 Å². The third-order valence-corrected chi connectivity index (χ3v) is 5.63. The summed E-state index contributed by atoms with van der Waals surface area (Å²) in [7, 11) is 3.14. The standard InChI is InChI=1S/C24H36N4O6/c1-5-22(30)28-13-7-6-12-27(3)24(32)17(2)26-21(29)16-34-19-10-9-18(15-20(19)33-4)23(31)25-11-8-14-28/h9-10,15,17H,5-8,11-14,16H2,1-4H3,(H,25,31)(H,26,29)/t17-/m0/s1. The van der Waals surface area contributed by atoms with E-state index in [1.54, 1.807) is 42.0 Å². The molecule has 2 heterocycles. The number of likely N-dealkylation sites (N-methyl/N-ethyl adjacent to an activating group) is 1. The van der Waals surface area contributed by atoms with E-state index in [2.05, 4.69) is 10.6 Å². The lowest BCUT2D eigenvalue weighted by molar-refractivity contribution is -0.135. The zero-order valence-corrected chi connectivity index (χ0v) is 20.5. The average Bonchev–Trinajstić information content (AvgIpc) is 2.84. The maximum absolute atomic E-state index is 12.6. The summed E-state index contributed by atoms with van der Waals surface area (Å²) in [6.45, 7) is 5.22. The number of nitrogens with zero attached hydrogens (tertiary/aromatic N) is 2. The molecule has 0 fully saturated rings. The Morgan fingerprint density at radius 1 is 1.15 bits per heavy atom. The van der Waals surface area contributed by atoms with Crippen molar-refractivity contribution < 1.29 is 28.7 Å². The molecular formula is C24H36N4O6. The van der Waals surface area contributed by atoms with Crippen LogP contribution in [-0.2, 0) is 14.4 Å². The van der Waals surface area contributed by atoms with Gasteiger partial charge in [-0.3, -0.25) is 19.2 Å². The number of methoxy groups -OCH3 is 1. The Hall–Kier alpha value is -3.30. The molecule has 34 heavy (non-hydrogen) atoms. The number of benzene rings is 1. The number of rotatable bonds is 2. The molecule has 0 aliphatic carbocycles. The molecule has 2 aliphatic rings. The molecule has 1 aromatic carbocycles. The summed E-state index contributed by atoms with van der Waals surface area (Å²) in [5, 5.41) is 5.50. The van der Waals surface area contributed by atoms with Gasteiger partial charge in [-0.2, -0.15) is 0 Å². The zero-order chi connectivity index (χ0) is 25.1. The molecule has 0 aromatic heterocycles. The van der Waals surface area contributed by atoms with Gasteiger partial charge in [0.2, 0.25) is 11.8 Å². The summed E-state index contributed by atoms with van der Waals surface area (Å²) in [5.41, 5.74) is 0.392. The van der Waals surface area contributed by atoms with Gasteiger partial charge < -0.3 is 29.9 Å². The van der Waals surface area contributed by atoms with E-state index in [1.165, 1.54) is 7.11 Å². The van der Waals surface area contributed by atoms with E-state index in [4.69, 9.17) is 9.47 Å². The lowest BCUT2D eigenvalue weighted by Gasteiger charge is -2.24. The molecule has 0 spiro atoms. The smallest absolute Gasteiger partial charge is 0.258 e. The maximum atomic E-state index is 12.6. The average molecular weight is 477 g/mol. The second-order valence-corrected chi connectivity index (χ2v) is 8.25. The highest BCUT2D eigenvalue weighted by molar-refractivity contribution is 5.95. The molecule has 2 aliphatic heterocycles. The van der Waals surface area contributed by atoms with Crippen LogP contribution in [0.1, 0.15) is 49.9 Å². The highest BCUT2D eigenvalue weighted by atomic mass is 16.5. The quantitative estimate of drug-likeness (QED) is 0.620.